The molecule has 0 bridgehead atoms. The van der Waals surface area contributed by atoms with Gasteiger partial charge in [-0.15, -0.1) is 6.58 Å². The number of hydrogen-bond donors (Lipinski definition) is 1. The Morgan fingerprint density at radius 2 is 2.07 bits per heavy atom. The number of anilines is 1. The van der Waals surface area contributed by atoms with Crippen molar-refractivity contribution in [3.8, 4) is 0 Å². The first-order valence-electron chi connectivity index (χ1n) is 3.72. The largest absolute Gasteiger partial charge is 0.321 e. The van der Waals surface area contributed by atoms with E-state index in [4.69, 9.17) is 23.2 Å². The van der Waals surface area contributed by atoms with Crippen molar-refractivity contribution in [1.82, 2.24) is 9.97 Å². The molecule has 4 nitrogen and oxygen atoms in total. The minimum Gasteiger partial charge on any atom is -0.321 e. The quantitative estimate of drug-likeness (QED) is 0.642. The Labute approximate surface area is 91.0 Å². The van der Waals surface area contributed by atoms with Crippen LogP contribution in [0.2, 0.25) is 10.3 Å². The standard InChI is InChI=1S/C8H7Cl2N3O/c1-2-3-5(14)13-6-7(9)11-4-12-8(6)10/h2,4H,1,3H2,(H,13,14). The maximum Gasteiger partial charge on any atom is 0.228 e. The van der Waals surface area contributed by atoms with E-state index in [1.165, 1.54) is 12.4 Å². The summed E-state index contributed by atoms with van der Waals surface area (Å²) >= 11 is 11.4. The maximum absolute atomic E-state index is 11.2. The van der Waals surface area contributed by atoms with Crippen LogP contribution in [0.1, 0.15) is 6.42 Å². The molecule has 1 amide bonds. The lowest BCUT2D eigenvalue weighted by Crippen LogP contribution is -2.11. The predicted molar refractivity (Wildman–Crippen MR) is 55.5 cm³/mol. The summed E-state index contributed by atoms with van der Waals surface area (Å²) in [5, 5.41) is 2.71. The second kappa shape index (κ2) is 4.93. The van der Waals surface area contributed by atoms with Gasteiger partial charge in [0, 0.05) is 6.42 Å². The number of nitrogens with zero attached hydrogens (tertiary/aromatic N) is 2. The molecule has 1 aromatic rings. The fourth-order valence-corrected chi connectivity index (χ4v) is 1.18. The van der Waals surface area contributed by atoms with Gasteiger partial charge >= 0.3 is 0 Å². The summed E-state index contributed by atoms with van der Waals surface area (Å²) in [5.74, 6) is -0.265. The van der Waals surface area contributed by atoms with Crippen LogP contribution in [-0.2, 0) is 4.79 Å². The molecule has 0 atom stereocenters. The summed E-state index contributed by atoms with van der Waals surface area (Å²) in [6.07, 6.45) is 2.87. The number of carbonyl (C=O) groups excluding carboxylic acids is 1. The van der Waals surface area contributed by atoms with Gasteiger partial charge in [0.2, 0.25) is 5.91 Å². The number of rotatable bonds is 3. The molecule has 1 heterocycles. The van der Waals surface area contributed by atoms with E-state index in [9.17, 15) is 4.79 Å². The number of aromatic nitrogens is 2. The summed E-state index contributed by atoms with van der Waals surface area (Å²) in [6, 6.07) is 0. The van der Waals surface area contributed by atoms with Gasteiger partial charge < -0.3 is 5.32 Å². The highest BCUT2D eigenvalue weighted by Gasteiger charge is 2.10. The van der Waals surface area contributed by atoms with E-state index in [0.29, 0.717) is 0 Å². The van der Waals surface area contributed by atoms with Gasteiger partial charge in [-0.05, 0) is 0 Å². The van der Waals surface area contributed by atoms with E-state index in [1.807, 2.05) is 0 Å². The zero-order valence-corrected chi connectivity index (χ0v) is 8.64. The Morgan fingerprint density at radius 1 is 1.50 bits per heavy atom. The van der Waals surface area contributed by atoms with E-state index in [2.05, 4.69) is 21.9 Å². The smallest absolute Gasteiger partial charge is 0.228 e. The van der Waals surface area contributed by atoms with Crippen LogP contribution in [0.25, 0.3) is 0 Å². The highest BCUT2D eigenvalue weighted by molar-refractivity contribution is 6.38. The minimum atomic E-state index is -0.265. The maximum atomic E-state index is 11.2. The molecule has 0 aliphatic rings. The third kappa shape index (κ3) is 2.68. The number of amides is 1. The van der Waals surface area contributed by atoms with E-state index >= 15 is 0 Å². The molecule has 0 spiro atoms. The van der Waals surface area contributed by atoms with Crippen LogP contribution in [0.5, 0.6) is 0 Å². The SMILES string of the molecule is C=CCC(=O)Nc1c(Cl)ncnc1Cl. The van der Waals surface area contributed by atoms with Gasteiger partial charge in [0.25, 0.3) is 0 Å². The molecule has 0 aliphatic heterocycles. The molecule has 0 fully saturated rings. The molecule has 1 aromatic heterocycles. The third-order valence-electron chi connectivity index (χ3n) is 1.35. The Balaban J connectivity index is 2.85. The van der Waals surface area contributed by atoms with E-state index in [-0.39, 0.29) is 28.3 Å². The lowest BCUT2D eigenvalue weighted by atomic mass is 10.4. The first-order chi connectivity index (χ1) is 6.65. The Hall–Kier alpha value is -1.13. The van der Waals surface area contributed by atoms with Crippen molar-refractivity contribution in [2.75, 3.05) is 5.32 Å². The Morgan fingerprint density at radius 3 is 2.57 bits per heavy atom. The van der Waals surface area contributed by atoms with Gasteiger partial charge in [0.1, 0.15) is 12.0 Å². The molecule has 0 aliphatic carbocycles. The van der Waals surface area contributed by atoms with Gasteiger partial charge in [0.05, 0.1) is 0 Å². The van der Waals surface area contributed by atoms with Crippen molar-refractivity contribution in [2.45, 2.75) is 6.42 Å². The van der Waals surface area contributed by atoms with Crippen LogP contribution in [-0.4, -0.2) is 15.9 Å². The summed E-state index contributed by atoms with van der Waals surface area (Å²) in [6.45, 7) is 3.43. The molecule has 0 unspecified atom stereocenters. The fraction of sp³-hybridized carbons (Fsp3) is 0.125. The van der Waals surface area contributed by atoms with E-state index in [0.717, 1.165) is 0 Å². The molecule has 0 saturated heterocycles. The van der Waals surface area contributed by atoms with Crippen LogP contribution in [0.15, 0.2) is 19.0 Å². The topological polar surface area (TPSA) is 54.9 Å². The van der Waals surface area contributed by atoms with Gasteiger partial charge in [-0.1, -0.05) is 29.3 Å². The minimum absolute atomic E-state index is 0.113. The molecule has 74 valence electrons. The summed E-state index contributed by atoms with van der Waals surface area (Å²) < 4.78 is 0. The van der Waals surface area contributed by atoms with Crippen molar-refractivity contribution in [2.24, 2.45) is 0 Å². The number of carbonyl (C=O) groups is 1. The molecule has 14 heavy (non-hydrogen) atoms. The molecule has 1 N–H and O–H groups in total. The highest BCUT2D eigenvalue weighted by atomic mass is 35.5. The zero-order valence-electron chi connectivity index (χ0n) is 7.13. The number of halogens is 2. The van der Waals surface area contributed by atoms with Crippen LogP contribution in [0.3, 0.4) is 0 Å². The summed E-state index contributed by atoms with van der Waals surface area (Å²) in [4.78, 5) is 18.5. The molecule has 0 aromatic carbocycles. The summed E-state index contributed by atoms with van der Waals surface area (Å²) in [5.41, 5.74) is 0.225. The average Bonchev–Trinajstić information content (AvgIpc) is 2.12. The van der Waals surface area contributed by atoms with Crippen molar-refractivity contribution < 1.29 is 4.79 Å². The number of hydrogen-bond acceptors (Lipinski definition) is 3. The first-order valence-corrected chi connectivity index (χ1v) is 4.47. The Bertz CT molecular complexity index is 347. The van der Waals surface area contributed by atoms with Gasteiger partial charge in [-0.2, -0.15) is 0 Å². The highest BCUT2D eigenvalue weighted by Crippen LogP contribution is 2.25. The monoisotopic (exact) mass is 231 g/mol. The summed E-state index contributed by atoms with van der Waals surface area (Å²) in [7, 11) is 0. The fourth-order valence-electron chi connectivity index (χ4n) is 0.769. The van der Waals surface area contributed by atoms with Gasteiger partial charge in [-0.3, -0.25) is 4.79 Å². The van der Waals surface area contributed by atoms with Crippen molar-refractivity contribution in [3.63, 3.8) is 0 Å². The van der Waals surface area contributed by atoms with E-state index in [1.54, 1.807) is 0 Å². The average molecular weight is 232 g/mol. The lowest BCUT2D eigenvalue weighted by Gasteiger charge is -2.05. The lowest BCUT2D eigenvalue weighted by molar-refractivity contribution is -0.115. The van der Waals surface area contributed by atoms with Crippen LogP contribution in [0, 0.1) is 0 Å². The van der Waals surface area contributed by atoms with Crippen LogP contribution in [0.4, 0.5) is 5.69 Å². The molecule has 0 saturated carbocycles. The normalized spacial score (nSPS) is 9.57. The molecular weight excluding hydrogens is 225 g/mol. The molecule has 6 heteroatoms. The van der Waals surface area contributed by atoms with Crippen molar-refractivity contribution >= 4 is 34.8 Å². The van der Waals surface area contributed by atoms with Gasteiger partial charge in [0.15, 0.2) is 10.3 Å². The molecular formula is C8H7Cl2N3O. The van der Waals surface area contributed by atoms with Crippen LogP contribution >= 0.6 is 23.2 Å². The van der Waals surface area contributed by atoms with Gasteiger partial charge in [-0.25, -0.2) is 9.97 Å². The second-order valence-electron chi connectivity index (χ2n) is 2.37. The zero-order chi connectivity index (χ0) is 10.6. The van der Waals surface area contributed by atoms with Crippen molar-refractivity contribution in [3.05, 3.63) is 29.3 Å². The second-order valence-corrected chi connectivity index (χ2v) is 3.09. The van der Waals surface area contributed by atoms with E-state index < -0.39 is 0 Å². The Kier molecular flexibility index (Phi) is 3.85. The van der Waals surface area contributed by atoms with Crippen molar-refractivity contribution in [1.29, 1.82) is 0 Å². The number of nitrogens with one attached hydrogen (secondary N) is 1. The predicted octanol–water partition coefficient (Wildman–Crippen LogP) is 2.30. The molecule has 0 radical (unpaired) electrons. The van der Waals surface area contributed by atoms with Crippen LogP contribution < -0.4 is 5.32 Å². The first kappa shape index (κ1) is 10.9. The molecule has 1 rings (SSSR count). The third-order valence-corrected chi connectivity index (χ3v) is 1.92.